The van der Waals surface area contributed by atoms with Crippen LogP contribution in [0.3, 0.4) is 0 Å². The van der Waals surface area contributed by atoms with Crippen LogP contribution in [0, 0.1) is 62.6 Å². The summed E-state index contributed by atoms with van der Waals surface area (Å²) >= 11 is 0. The van der Waals surface area contributed by atoms with Crippen molar-refractivity contribution in [3.05, 3.63) is 58.9 Å². The van der Waals surface area contributed by atoms with Crippen LogP contribution in [0.25, 0.3) is 5.69 Å². The van der Waals surface area contributed by atoms with Gasteiger partial charge in [-0.15, -0.1) is 0 Å². The van der Waals surface area contributed by atoms with Gasteiger partial charge in [-0.2, -0.15) is 10.4 Å². The van der Waals surface area contributed by atoms with Crippen molar-refractivity contribution < 1.29 is 9.90 Å². The SMILES string of the molecule is C[C@H]1[C@H](C)CC[C@]2(C(=O)O)CC[C@]3(C)C(=CC[C@@H]4[C@@]5(C)Cc6cnn(-c7cccc(C#N)c7)c6C(C)(C)[C@@H]5CC[C@]43C)[C@H]12. The van der Waals surface area contributed by atoms with Gasteiger partial charge in [0.15, 0.2) is 0 Å². The largest absolute Gasteiger partial charge is 0.481 e. The maximum atomic E-state index is 13.0. The summed E-state index contributed by atoms with van der Waals surface area (Å²) in [4.78, 5) is 13.0. The van der Waals surface area contributed by atoms with Gasteiger partial charge >= 0.3 is 5.97 Å². The third-order valence-electron chi connectivity index (χ3n) is 14.8. The Bertz CT molecular complexity index is 1580. The number of fused-ring (bicyclic) bond motifs is 8. The zero-order valence-electron chi connectivity index (χ0n) is 27.2. The lowest BCUT2D eigenvalue weighted by atomic mass is 9.33. The number of hydrogen-bond donors (Lipinski definition) is 1. The molecule has 3 saturated carbocycles. The van der Waals surface area contributed by atoms with Crippen molar-refractivity contribution >= 4 is 5.97 Å². The topological polar surface area (TPSA) is 78.9 Å². The number of allylic oxidation sites excluding steroid dienone is 2. The summed E-state index contributed by atoms with van der Waals surface area (Å²) in [6.07, 6.45) is 12.7. The van der Waals surface area contributed by atoms with E-state index in [1.165, 1.54) is 29.7 Å². The van der Waals surface area contributed by atoms with E-state index >= 15 is 0 Å². The molecule has 1 aromatic heterocycles. The van der Waals surface area contributed by atoms with Crippen LogP contribution < -0.4 is 0 Å². The maximum absolute atomic E-state index is 13.0. The quantitative estimate of drug-likeness (QED) is 0.362. The highest BCUT2D eigenvalue weighted by molar-refractivity contribution is 5.76. The third-order valence-corrected chi connectivity index (χ3v) is 14.8. The van der Waals surface area contributed by atoms with Gasteiger partial charge < -0.3 is 5.11 Å². The van der Waals surface area contributed by atoms with Crippen molar-refractivity contribution in [2.75, 3.05) is 0 Å². The molecule has 1 heterocycles. The summed E-state index contributed by atoms with van der Waals surface area (Å²) in [6, 6.07) is 10.1. The minimum Gasteiger partial charge on any atom is -0.481 e. The number of rotatable bonds is 2. The number of aromatic nitrogens is 2. The monoisotopic (exact) mass is 579 g/mol. The molecule has 5 aliphatic carbocycles. The van der Waals surface area contributed by atoms with Gasteiger partial charge in [-0.05, 0) is 121 Å². The van der Waals surface area contributed by atoms with Gasteiger partial charge in [-0.25, -0.2) is 4.68 Å². The Kier molecular flexibility index (Phi) is 6.10. The van der Waals surface area contributed by atoms with Crippen molar-refractivity contribution in [1.82, 2.24) is 9.78 Å². The average Bonchev–Trinajstić information content (AvgIpc) is 3.39. The first-order chi connectivity index (χ1) is 20.2. The fraction of sp³-hybridized carbons (Fsp3) is 0.658. The summed E-state index contributed by atoms with van der Waals surface area (Å²) in [7, 11) is 0. The van der Waals surface area contributed by atoms with Crippen molar-refractivity contribution in [3.63, 3.8) is 0 Å². The van der Waals surface area contributed by atoms with Crippen LogP contribution in [0.1, 0.15) is 110 Å². The molecule has 1 aromatic carbocycles. The smallest absolute Gasteiger partial charge is 0.310 e. The number of aliphatic carboxylic acids is 1. The minimum absolute atomic E-state index is 0.0190. The normalized spacial score (nSPS) is 42.7. The highest BCUT2D eigenvalue weighted by Gasteiger charge is 2.69. The predicted molar refractivity (Wildman–Crippen MR) is 169 cm³/mol. The van der Waals surface area contributed by atoms with Crippen molar-refractivity contribution in [2.45, 2.75) is 105 Å². The van der Waals surface area contributed by atoms with Crippen molar-refractivity contribution in [3.8, 4) is 11.8 Å². The molecule has 228 valence electrons. The molecule has 5 nitrogen and oxygen atoms in total. The second kappa shape index (κ2) is 9.09. The molecule has 1 N–H and O–H groups in total. The Morgan fingerprint density at radius 2 is 1.81 bits per heavy atom. The van der Waals surface area contributed by atoms with Crippen LogP contribution in [-0.4, -0.2) is 20.9 Å². The van der Waals surface area contributed by atoms with E-state index in [4.69, 9.17) is 5.10 Å². The lowest BCUT2D eigenvalue weighted by Crippen LogP contribution is -2.65. The number of carboxylic acids is 1. The van der Waals surface area contributed by atoms with Gasteiger partial charge in [0.1, 0.15) is 0 Å². The van der Waals surface area contributed by atoms with Gasteiger partial charge in [0.05, 0.1) is 34.6 Å². The third kappa shape index (κ3) is 3.50. The molecule has 2 aromatic rings. The summed E-state index contributed by atoms with van der Waals surface area (Å²) in [5.41, 5.74) is 5.36. The highest BCUT2D eigenvalue weighted by Crippen LogP contribution is 2.75. The van der Waals surface area contributed by atoms with Gasteiger partial charge in [0, 0.05) is 5.41 Å². The Morgan fingerprint density at radius 3 is 2.53 bits per heavy atom. The highest BCUT2D eigenvalue weighted by atomic mass is 16.4. The molecule has 43 heavy (non-hydrogen) atoms. The van der Waals surface area contributed by atoms with E-state index in [0.29, 0.717) is 29.2 Å². The fourth-order valence-corrected chi connectivity index (χ4v) is 12.3. The molecule has 5 heteroatoms. The van der Waals surface area contributed by atoms with Crippen LogP contribution >= 0.6 is 0 Å². The molecule has 0 radical (unpaired) electrons. The number of nitriles is 1. The molecule has 0 unspecified atom stereocenters. The van der Waals surface area contributed by atoms with E-state index in [1.807, 2.05) is 18.2 Å². The molecule has 0 spiro atoms. The number of carboxylic acid groups (broad SMARTS) is 1. The molecule has 3 fully saturated rings. The number of benzene rings is 1. The summed E-state index contributed by atoms with van der Waals surface area (Å²) < 4.78 is 2.11. The number of hydrogen-bond acceptors (Lipinski definition) is 3. The first-order valence-electron chi connectivity index (χ1n) is 16.8. The van der Waals surface area contributed by atoms with Crippen LogP contribution in [0.4, 0.5) is 0 Å². The van der Waals surface area contributed by atoms with Crippen LogP contribution in [0.2, 0.25) is 0 Å². The lowest BCUT2D eigenvalue weighted by Gasteiger charge is -2.70. The maximum Gasteiger partial charge on any atom is 0.310 e. The van der Waals surface area contributed by atoms with Crippen molar-refractivity contribution in [1.29, 1.82) is 5.26 Å². The minimum atomic E-state index is -0.596. The van der Waals surface area contributed by atoms with Crippen LogP contribution in [0.5, 0.6) is 0 Å². The van der Waals surface area contributed by atoms with Crippen molar-refractivity contribution in [2.24, 2.45) is 51.2 Å². The predicted octanol–water partition coefficient (Wildman–Crippen LogP) is 8.50. The van der Waals surface area contributed by atoms with E-state index in [1.54, 1.807) is 0 Å². The molecule has 5 aliphatic rings. The van der Waals surface area contributed by atoms with E-state index < -0.39 is 11.4 Å². The molecule has 0 amide bonds. The molecule has 0 saturated heterocycles. The second-order valence-corrected chi connectivity index (χ2v) is 16.6. The summed E-state index contributed by atoms with van der Waals surface area (Å²) in [6.45, 7) is 17.3. The number of carbonyl (C=O) groups is 1. The van der Waals surface area contributed by atoms with Gasteiger partial charge in [0.25, 0.3) is 0 Å². The molecule has 0 aliphatic heterocycles. The Labute approximate surface area is 257 Å². The molecular weight excluding hydrogens is 530 g/mol. The first kappa shape index (κ1) is 28.9. The average molecular weight is 580 g/mol. The zero-order valence-corrected chi connectivity index (χ0v) is 27.2. The summed E-state index contributed by atoms with van der Waals surface area (Å²) in [5, 5.41) is 25.2. The lowest BCUT2D eigenvalue weighted by molar-refractivity contribution is -0.179. The first-order valence-corrected chi connectivity index (χ1v) is 16.8. The second-order valence-electron chi connectivity index (χ2n) is 16.6. The molecule has 7 rings (SSSR count). The Balaban J connectivity index is 1.32. The Hall–Kier alpha value is -2.87. The van der Waals surface area contributed by atoms with E-state index in [2.05, 4.69) is 77.6 Å². The standard InChI is InChI=1S/C38H49N3O2/c1-23-13-16-38(33(42)43)18-17-36(6)28(31(38)24(23)2)11-12-30-35(5)20-26-22-40-41(27-10-8-9-25(19-27)21-39)32(26)34(3,4)29(35)14-15-37(30,36)7/h8-11,19,22-24,29-31H,12-18,20H2,1-7H3,(H,42,43)/t23-,24+,29+,30-,31+,35+,36-,37-,38+/m1/s1. The fourth-order valence-electron chi connectivity index (χ4n) is 12.3. The van der Waals surface area contributed by atoms with Gasteiger partial charge in [-0.3, -0.25) is 4.79 Å². The van der Waals surface area contributed by atoms with E-state index in [9.17, 15) is 15.2 Å². The van der Waals surface area contributed by atoms with Crippen LogP contribution in [-0.2, 0) is 16.6 Å². The molecule has 0 bridgehead atoms. The van der Waals surface area contributed by atoms with Crippen LogP contribution in [0.15, 0.2) is 42.1 Å². The summed E-state index contributed by atoms with van der Waals surface area (Å²) in [5.74, 6) is 1.58. The van der Waals surface area contributed by atoms with E-state index in [0.717, 1.165) is 44.2 Å². The zero-order chi connectivity index (χ0) is 30.7. The molecular formula is C38H49N3O2. The van der Waals surface area contributed by atoms with Gasteiger partial charge in [0.2, 0.25) is 0 Å². The van der Waals surface area contributed by atoms with E-state index in [-0.39, 0.29) is 27.6 Å². The number of nitrogens with zero attached hydrogens (tertiary/aromatic N) is 3. The molecule has 9 atom stereocenters. The van der Waals surface area contributed by atoms with Gasteiger partial charge in [-0.1, -0.05) is 66.2 Å². The Morgan fingerprint density at radius 1 is 1.05 bits per heavy atom.